The normalized spacial score (nSPS) is 16.0. The lowest BCUT2D eigenvalue weighted by atomic mass is 10.2. The quantitative estimate of drug-likeness (QED) is 0.230. The smallest absolute Gasteiger partial charge is 0.332 e. The van der Waals surface area contributed by atoms with Gasteiger partial charge in [-0.05, 0) is 54.8 Å². The van der Waals surface area contributed by atoms with Crippen LogP contribution in [0.25, 0.3) is 0 Å². The summed E-state index contributed by atoms with van der Waals surface area (Å²) in [5.41, 5.74) is 0.436. The highest BCUT2D eigenvalue weighted by atomic mass is 35.5. The van der Waals surface area contributed by atoms with E-state index in [4.69, 9.17) is 17.0 Å². The van der Waals surface area contributed by atoms with Crippen molar-refractivity contribution < 1.29 is 13.2 Å². The molecule has 0 spiro atoms. The van der Waals surface area contributed by atoms with Crippen LogP contribution in [0.1, 0.15) is 35.8 Å². The molecule has 3 aromatic rings. The van der Waals surface area contributed by atoms with E-state index in [9.17, 15) is 18.4 Å². The number of nitrogens with zero attached hydrogens (tertiary/aromatic N) is 5. The minimum atomic E-state index is -4.47. The molecule has 6 nitrogen and oxygen atoms in total. The Morgan fingerprint density at radius 2 is 1.88 bits per heavy atom. The molecule has 0 amide bonds. The lowest BCUT2D eigenvalue weighted by Gasteiger charge is -2.30. The lowest BCUT2D eigenvalue weighted by molar-refractivity contribution is -0.137. The van der Waals surface area contributed by atoms with Gasteiger partial charge in [0.2, 0.25) is 5.96 Å². The van der Waals surface area contributed by atoms with Crippen LogP contribution in [0.3, 0.4) is 0 Å². The number of halogens is 4. The van der Waals surface area contributed by atoms with Crippen molar-refractivity contribution in [3.63, 3.8) is 0 Å². The topological polar surface area (TPSA) is 71.9 Å². The zero-order valence-corrected chi connectivity index (χ0v) is 18.2. The average molecular weight is 473 g/mol. The van der Waals surface area contributed by atoms with Gasteiger partial charge >= 0.3 is 6.18 Å². The van der Waals surface area contributed by atoms with Crippen LogP contribution < -0.4 is 4.90 Å². The molecule has 0 saturated carbocycles. The third-order valence-corrected chi connectivity index (χ3v) is 5.85. The Morgan fingerprint density at radius 1 is 1.18 bits per heavy atom. The van der Waals surface area contributed by atoms with Crippen molar-refractivity contribution in [1.29, 1.82) is 10.7 Å². The van der Waals surface area contributed by atoms with Crippen LogP contribution in [0.4, 0.5) is 18.9 Å². The van der Waals surface area contributed by atoms with Gasteiger partial charge in [0.15, 0.2) is 6.19 Å². The van der Waals surface area contributed by atoms with Crippen LogP contribution in [-0.4, -0.2) is 27.0 Å². The molecule has 1 saturated heterocycles. The zero-order chi connectivity index (χ0) is 23.6. The van der Waals surface area contributed by atoms with E-state index < -0.39 is 11.7 Å². The van der Waals surface area contributed by atoms with Gasteiger partial charge < -0.3 is 9.47 Å². The van der Waals surface area contributed by atoms with Crippen molar-refractivity contribution in [2.75, 3.05) is 11.4 Å². The molecule has 0 radical (unpaired) electrons. The Kier molecular flexibility index (Phi) is 6.29. The standard InChI is InChI=1S/C23H20ClF3N6/c24-18-7-3-16(4-8-18)14-31-13-11-30-21(31)20-2-1-12-32(20)22(29)33(15-28)19-9-5-17(6-10-19)23(25,26)27/h3-11,13,20,29H,1-2,12,14H2. The molecule has 1 unspecified atom stereocenters. The van der Waals surface area contributed by atoms with Gasteiger partial charge in [0.1, 0.15) is 5.82 Å². The van der Waals surface area contributed by atoms with Gasteiger partial charge in [-0.25, -0.2) is 9.88 Å². The number of alkyl halides is 3. The van der Waals surface area contributed by atoms with Crippen LogP contribution >= 0.6 is 11.6 Å². The largest absolute Gasteiger partial charge is 0.416 e. The van der Waals surface area contributed by atoms with Gasteiger partial charge in [-0.3, -0.25) is 5.41 Å². The first-order valence-electron chi connectivity index (χ1n) is 10.3. The van der Waals surface area contributed by atoms with Gasteiger partial charge in [-0.15, -0.1) is 0 Å². The number of hydrogen-bond acceptors (Lipinski definition) is 3. The highest BCUT2D eigenvalue weighted by Gasteiger charge is 2.34. The molecule has 2 aromatic carbocycles. The first-order chi connectivity index (χ1) is 15.8. The monoisotopic (exact) mass is 472 g/mol. The van der Waals surface area contributed by atoms with Gasteiger partial charge in [0.25, 0.3) is 0 Å². The highest BCUT2D eigenvalue weighted by molar-refractivity contribution is 6.30. The third kappa shape index (κ3) is 4.81. The fourth-order valence-electron chi connectivity index (χ4n) is 3.98. The van der Waals surface area contributed by atoms with Crippen molar-refractivity contribution in [3.8, 4) is 6.19 Å². The first-order valence-corrected chi connectivity index (χ1v) is 10.6. The second kappa shape index (κ2) is 9.16. The fourth-order valence-corrected chi connectivity index (χ4v) is 4.11. The summed E-state index contributed by atoms with van der Waals surface area (Å²) in [6.45, 7) is 1.11. The van der Waals surface area contributed by atoms with Crippen LogP contribution in [0, 0.1) is 16.9 Å². The molecular formula is C23H20ClF3N6. The zero-order valence-electron chi connectivity index (χ0n) is 17.4. The van der Waals surface area contributed by atoms with E-state index in [-0.39, 0.29) is 17.7 Å². The Morgan fingerprint density at radius 3 is 2.52 bits per heavy atom. The van der Waals surface area contributed by atoms with E-state index in [0.29, 0.717) is 18.1 Å². The number of nitriles is 1. The minimum absolute atomic E-state index is 0.0965. The van der Waals surface area contributed by atoms with E-state index in [1.54, 1.807) is 11.1 Å². The highest BCUT2D eigenvalue weighted by Crippen LogP contribution is 2.34. The maximum atomic E-state index is 12.9. The van der Waals surface area contributed by atoms with E-state index in [2.05, 4.69) is 4.98 Å². The fraction of sp³-hybridized carbons (Fsp3) is 0.261. The molecule has 1 aliphatic rings. The van der Waals surface area contributed by atoms with Crippen LogP contribution in [-0.2, 0) is 12.7 Å². The number of rotatable bonds is 4. The molecule has 1 aromatic heterocycles. The molecule has 170 valence electrons. The number of guanidine groups is 1. The van der Waals surface area contributed by atoms with Gasteiger partial charge in [0, 0.05) is 30.5 Å². The lowest BCUT2D eigenvalue weighted by Crippen LogP contribution is -2.41. The third-order valence-electron chi connectivity index (χ3n) is 5.60. The summed E-state index contributed by atoms with van der Waals surface area (Å²) in [5, 5.41) is 19.0. The van der Waals surface area contributed by atoms with Crippen molar-refractivity contribution in [2.45, 2.75) is 31.6 Å². The van der Waals surface area contributed by atoms with Crippen molar-refractivity contribution in [2.24, 2.45) is 0 Å². The molecule has 33 heavy (non-hydrogen) atoms. The summed E-state index contributed by atoms with van der Waals surface area (Å²) in [7, 11) is 0. The maximum absolute atomic E-state index is 12.9. The molecule has 0 bridgehead atoms. The average Bonchev–Trinajstić information content (AvgIpc) is 3.44. The molecule has 1 fully saturated rings. The molecule has 0 aliphatic carbocycles. The summed E-state index contributed by atoms with van der Waals surface area (Å²) >= 11 is 5.97. The van der Waals surface area contributed by atoms with Gasteiger partial charge in [0.05, 0.1) is 17.3 Å². The SMILES string of the molecule is N#CN(C(=N)N1CCCC1c1nccn1Cc1ccc(Cl)cc1)c1ccc(C(F)(F)F)cc1. The van der Waals surface area contributed by atoms with Crippen molar-refractivity contribution >= 4 is 23.2 Å². The summed E-state index contributed by atoms with van der Waals surface area (Å²) in [6, 6.07) is 11.5. The molecule has 10 heteroatoms. The minimum Gasteiger partial charge on any atom is -0.332 e. The predicted molar refractivity (Wildman–Crippen MR) is 119 cm³/mol. The number of aromatic nitrogens is 2. The molecule has 4 rings (SSSR count). The Labute approximate surface area is 193 Å². The Bertz CT molecular complexity index is 1160. The Hall–Kier alpha value is -3.51. The van der Waals surface area contributed by atoms with Crippen LogP contribution in [0.5, 0.6) is 0 Å². The second-order valence-electron chi connectivity index (χ2n) is 7.69. The molecular weight excluding hydrogens is 453 g/mol. The van der Waals surface area contributed by atoms with Crippen molar-refractivity contribution in [1.82, 2.24) is 14.5 Å². The van der Waals surface area contributed by atoms with E-state index >= 15 is 0 Å². The number of imidazole rings is 1. The van der Waals surface area contributed by atoms with Gasteiger partial charge in [-0.1, -0.05) is 23.7 Å². The molecule has 1 N–H and O–H groups in total. The number of benzene rings is 2. The van der Waals surface area contributed by atoms with E-state index in [1.807, 2.05) is 41.2 Å². The predicted octanol–water partition coefficient (Wildman–Crippen LogP) is 5.66. The number of hydrogen-bond donors (Lipinski definition) is 1. The second-order valence-corrected chi connectivity index (χ2v) is 8.13. The van der Waals surface area contributed by atoms with E-state index in [1.165, 1.54) is 12.1 Å². The van der Waals surface area contributed by atoms with Crippen molar-refractivity contribution in [3.05, 3.63) is 82.9 Å². The number of nitrogens with one attached hydrogen (secondary N) is 1. The van der Waals surface area contributed by atoms with E-state index in [0.717, 1.165) is 41.3 Å². The first kappa shape index (κ1) is 22.7. The van der Waals surface area contributed by atoms with Crippen LogP contribution in [0.15, 0.2) is 60.9 Å². The molecule has 2 heterocycles. The van der Waals surface area contributed by atoms with Gasteiger partial charge in [-0.2, -0.15) is 18.4 Å². The summed E-state index contributed by atoms with van der Waals surface area (Å²) < 4.78 is 40.6. The maximum Gasteiger partial charge on any atom is 0.416 e. The number of likely N-dealkylation sites (tertiary alicyclic amines) is 1. The van der Waals surface area contributed by atoms with Crippen LogP contribution in [0.2, 0.25) is 5.02 Å². The molecule has 1 aliphatic heterocycles. The number of anilines is 1. The Balaban J connectivity index is 1.56. The summed E-state index contributed by atoms with van der Waals surface area (Å²) in [6.07, 6.45) is 2.56. The summed E-state index contributed by atoms with van der Waals surface area (Å²) in [5.74, 6) is 0.665. The summed E-state index contributed by atoms with van der Waals surface area (Å²) in [4.78, 5) is 7.31. The molecule has 1 atom stereocenters.